The predicted molar refractivity (Wildman–Crippen MR) is 82.3 cm³/mol. The number of hydrogen-bond donors (Lipinski definition) is 2. The van der Waals surface area contributed by atoms with Crippen LogP contribution >= 0.6 is 11.3 Å². The zero-order valence-electron chi connectivity index (χ0n) is 11.6. The summed E-state index contributed by atoms with van der Waals surface area (Å²) < 4.78 is 1.16. The molecule has 3 nitrogen and oxygen atoms in total. The summed E-state index contributed by atoms with van der Waals surface area (Å²) in [4.78, 5) is 13.2. The van der Waals surface area contributed by atoms with Crippen molar-refractivity contribution in [3.63, 3.8) is 0 Å². The first-order valence-electron chi connectivity index (χ1n) is 7.12. The van der Waals surface area contributed by atoms with Gasteiger partial charge in [-0.05, 0) is 49.6 Å². The number of aryl methyl sites for hydroxylation is 1. The molecule has 106 valence electrons. The molecule has 0 aliphatic heterocycles. The minimum absolute atomic E-state index is 0.0325. The van der Waals surface area contributed by atoms with Crippen LogP contribution in [-0.2, 0) is 0 Å². The topological polar surface area (TPSA) is 49.3 Å². The van der Waals surface area contributed by atoms with Crippen molar-refractivity contribution in [2.45, 2.75) is 44.8 Å². The number of rotatable bonds is 2. The number of nitrogens with one attached hydrogen (secondary N) is 1. The third kappa shape index (κ3) is 2.58. The second kappa shape index (κ2) is 5.54. The molecule has 0 radical (unpaired) electrons. The van der Waals surface area contributed by atoms with Crippen LogP contribution in [0.15, 0.2) is 24.3 Å². The molecule has 0 bridgehead atoms. The molecule has 4 heteroatoms. The summed E-state index contributed by atoms with van der Waals surface area (Å²) in [6.45, 7) is 2.01. The summed E-state index contributed by atoms with van der Waals surface area (Å²) in [7, 11) is 0. The molecule has 2 N–H and O–H groups in total. The molecule has 1 amide bonds. The van der Waals surface area contributed by atoms with Gasteiger partial charge < -0.3 is 10.4 Å². The van der Waals surface area contributed by atoms with Crippen LogP contribution in [0.25, 0.3) is 10.1 Å². The van der Waals surface area contributed by atoms with Gasteiger partial charge in [0.25, 0.3) is 5.91 Å². The first-order chi connectivity index (χ1) is 9.65. The molecule has 0 unspecified atom stereocenters. The summed E-state index contributed by atoms with van der Waals surface area (Å²) in [5.41, 5.74) is 1.07. The van der Waals surface area contributed by atoms with Gasteiger partial charge in [-0.25, -0.2) is 0 Å². The number of thiophene rings is 1. The number of hydrogen-bond acceptors (Lipinski definition) is 3. The average molecular weight is 289 g/mol. The first kappa shape index (κ1) is 13.6. The molecule has 1 aromatic carbocycles. The normalized spacial score (nSPS) is 22.9. The van der Waals surface area contributed by atoms with Crippen LogP contribution in [0, 0.1) is 6.92 Å². The molecule has 1 aliphatic rings. The van der Waals surface area contributed by atoms with Crippen LogP contribution in [0.3, 0.4) is 0 Å². The zero-order chi connectivity index (χ0) is 14.1. The summed E-state index contributed by atoms with van der Waals surface area (Å²) in [6, 6.07) is 8.33. The Bertz CT molecular complexity index is 626. The van der Waals surface area contributed by atoms with E-state index >= 15 is 0 Å². The number of carbonyl (C=O) groups is 1. The van der Waals surface area contributed by atoms with Crippen molar-refractivity contribution in [3.05, 3.63) is 34.7 Å². The number of amides is 1. The lowest BCUT2D eigenvalue weighted by molar-refractivity contribution is 0.0871. The van der Waals surface area contributed by atoms with E-state index in [1.54, 1.807) is 11.3 Å². The predicted octanol–water partition coefficient (Wildman–Crippen LogP) is 3.24. The number of benzene rings is 1. The molecule has 1 fully saturated rings. The lowest BCUT2D eigenvalue weighted by Gasteiger charge is -2.26. The van der Waals surface area contributed by atoms with Gasteiger partial charge in [0.05, 0.1) is 11.0 Å². The van der Waals surface area contributed by atoms with Crippen LogP contribution in [-0.4, -0.2) is 23.2 Å². The minimum Gasteiger partial charge on any atom is -0.393 e. The molecule has 20 heavy (non-hydrogen) atoms. The largest absolute Gasteiger partial charge is 0.393 e. The van der Waals surface area contributed by atoms with Crippen LogP contribution in [0.5, 0.6) is 0 Å². The third-order valence-electron chi connectivity index (χ3n) is 4.08. The maximum atomic E-state index is 12.4. The number of fused-ring (bicyclic) bond motifs is 1. The van der Waals surface area contributed by atoms with Gasteiger partial charge in [0.1, 0.15) is 0 Å². The molecule has 1 heterocycles. The first-order valence-corrected chi connectivity index (χ1v) is 7.94. The summed E-state index contributed by atoms with van der Waals surface area (Å²) in [6.07, 6.45) is 3.13. The van der Waals surface area contributed by atoms with E-state index in [2.05, 4.69) is 17.4 Å². The highest BCUT2D eigenvalue weighted by Crippen LogP contribution is 2.30. The van der Waals surface area contributed by atoms with Gasteiger partial charge in [-0.15, -0.1) is 11.3 Å². The molecule has 0 atom stereocenters. The number of aliphatic hydroxyl groups is 1. The molecule has 1 saturated carbocycles. The van der Waals surface area contributed by atoms with Crippen molar-refractivity contribution in [1.82, 2.24) is 5.32 Å². The maximum Gasteiger partial charge on any atom is 0.261 e. The second-order valence-corrected chi connectivity index (χ2v) is 6.58. The van der Waals surface area contributed by atoms with Crippen molar-refractivity contribution in [2.24, 2.45) is 0 Å². The van der Waals surface area contributed by atoms with E-state index in [4.69, 9.17) is 0 Å². The van der Waals surface area contributed by atoms with Crippen LogP contribution in [0.1, 0.15) is 40.9 Å². The Balaban J connectivity index is 1.77. The van der Waals surface area contributed by atoms with Crippen molar-refractivity contribution < 1.29 is 9.90 Å². The van der Waals surface area contributed by atoms with Gasteiger partial charge in [0.15, 0.2) is 0 Å². The monoisotopic (exact) mass is 289 g/mol. The Hall–Kier alpha value is -1.39. The Morgan fingerprint density at radius 1 is 1.25 bits per heavy atom. The highest BCUT2D eigenvalue weighted by molar-refractivity contribution is 7.21. The Labute approximate surface area is 122 Å². The fourth-order valence-electron chi connectivity index (χ4n) is 2.86. The molecule has 2 aromatic rings. The SMILES string of the molecule is Cc1c(C(=O)NC2CCC(O)CC2)sc2ccccc12. The van der Waals surface area contributed by atoms with E-state index in [1.165, 1.54) is 5.39 Å². The van der Waals surface area contributed by atoms with E-state index in [0.717, 1.165) is 40.8 Å². The summed E-state index contributed by atoms with van der Waals surface area (Å²) in [5.74, 6) is 0.0325. The van der Waals surface area contributed by atoms with Crippen molar-refractivity contribution in [2.75, 3.05) is 0 Å². The van der Waals surface area contributed by atoms with Crippen molar-refractivity contribution in [1.29, 1.82) is 0 Å². The summed E-state index contributed by atoms with van der Waals surface area (Å²) in [5, 5.41) is 13.8. The Morgan fingerprint density at radius 3 is 2.65 bits per heavy atom. The molecular formula is C16H19NO2S. The zero-order valence-corrected chi connectivity index (χ0v) is 12.4. The fourth-order valence-corrected chi connectivity index (χ4v) is 3.97. The molecular weight excluding hydrogens is 270 g/mol. The van der Waals surface area contributed by atoms with Crippen molar-refractivity contribution >= 4 is 27.3 Å². The van der Waals surface area contributed by atoms with Gasteiger partial charge in [-0.2, -0.15) is 0 Å². The molecule has 1 aromatic heterocycles. The second-order valence-electron chi connectivity index (χ2n) is 5.53. The van der Waals surface area contributed by atoms with Crippen LogP contribution < -0.4 is 5.32 Å². The average Bonchev–Trinajstić information content (AvgIpc) is 2.79. The lowest BCUT2D eigenvalue weighted by Crippen LogP contribution is -2.38. The molecule has 0 spiro atoms. The van der Waals surface area contributed by atoms with Crippen LogP contribution in [0.2, 0.25) is 0 Å². The fraction of sp³-hybridized carbons (Fsp3) is 0.438. The summed E-state index contributed by atoms with van der Waals surface area (Å²) >= 11 is 1.56. The number of aliphatic hydroxyl groups excluding tert-OH is 1. The van der Waals surface area contributed by atoms with Gasteiger partial charge in [-0.3, -0.25) is 4.79 Å². The Morgan fingerprint density at radius 2 is 1.95 bits per heavy atom. The quantitative estimate of drug-likeness (QED) is 0.891. The van der Waals surface area contributed by atoms with E-state index in [1.807, 2.05) is 19.1 Å². The van der Waals surface area contributed by atoms with E-state index in [-0.39, 0.29) is 18.1 Å². The minimum atomic E-state index is -0.186. The van der Waals surface area contributed by atoms with Gasteiger partial charge in [-0.1, -0.05) is 18.2 Å². The van der Waals surface area contributed by atoms with Crippen LogP contribution in [0.4, 0.5) is 0 Å². The maximum absolute atomic E-state index is 12.4. The highest BCUT2D eigenvalue weighted by Gasteiger charge is 2.23. The standard InChI is InChI=1S/C16H19NO2S/c1-10-13-4-2-3-5-14(13)20-15(10)16(19)17-11-6-8-12(18)9-7-11/h2-5,11-12,18H,6-9H2,1H3,(H,17,19). The molecule has 1 aliphatic carbocycles. The lowest BCUT2D eigenvalue weighted by atomic mass is 9.93. The smallest absolute Gasteiger partial charge is 0.261 e. The van der Waals surface area contributed by atoms with Gasteiger partial charge in [0.2, 0.25) is 0 Å². The Kier molecular flexibility index (Phi) is 3.76. The van der Waals surface area contributed by atoms with E-state index < -0.39 is 0 Å². The molecule has 3 rings (SSSR count). The van der Waals surface area contributed by atoms with Crippen molar-refractivity contribution in [3.8, 4) is 0 Å². The highest BCUT2D eigenvalue weighted by atomic mass is 32.1. The van der Waals surface area contributed by atoms with E-state index in [9.17, 15) is 9.90 Å². The van der Waals surface area contributed by atoms with E-state index in [0.29, 0.717) is 0 Å². The number of carbonyl (C=O) groups excluding carboxylic acids is 1. The third-order valence-corrected chi connectivity index (χ3v) is 5.35. The van der Waals surface area contributed by atoms with Gasteiger partial charge >= 0.3 is 0 Å². The van der Waals surface area contributed by atoms with Gasteiger partial charge in [0, 0.05) is 10.7 Å². The molecule has 0 saturated heterocycles.